The summed E-state index contributed by atoms with van der Waals surface area (Å²) in [7, 11) is 2.04. The highest BCUT2D eigenvalue weighted by atomic mass is 14.8. The van der Waals surface area contributed by atoms with Crippen LogP contribution in [0.1, 0.15) is 53.6 Å². The zero-order valence-corrected chi connectivity index (χ0v) is 14.1. The van der Waals surface area contributed by atoms with Gasteiger partial charge in [0.25, 0.3) is 0 Å². The maximum absolute atomic E-state index is 3.31. The van der Waals surface area contributed by atoms with Crippen LogP contribution in [0.3, 0.4) is 0 Å². The number of hydrogen-bond donors (Lipinski definition) is 1. The fourth-order valence-electron chi connectivity index (χ4n) is 2.98. The van der Waals surface area contributed by atoms with Gasteiger partial charge in [0.1, 0.15) is 0 Å². The lowest BCUT2D eigenvalue weighted by molar-refractivity contribution is 0.324. The van der Waals surface area contributed by atoms with Crippen molar-refractivity contribution in [1.82, 2.24) is 5.32 Å². The third kappa shape index (κ3) is 3.60. The lowest BCUT2D eigenvalue weighted by Gasteiger charge is -2.26. The summed E-state index contributed by atoms with van der Waals surface area (Å²) in [5, 5.41) is 3.31. The van der Waals surface area contributed by atoms with E-state index in [2.05, 4.69) is 53.8 Å². The van der Waals surface area contributed by atoms with Crippen LogP contribution in [0.2, 0.25) is 0 Å². The molecule has 0 bridgehead atoms. The van der Waals surface area contributed by atoms with E-state index in [-0.39, 0.29) is 0 Å². The van der Waals surface area contributed by atoms with Crippen molar-refractivity contribution in [3.05, 3.63) is 33.4 Å². The Labute approximate surface area is 119 Å². The van der Waals surface area contributed by atoms with Gasteiger partial charge in [0.05, 0.1) is 0 Å². The average molecular weight is 261 g/mol. The van der Waals surface area contributed by atoms with Crippen molar-refractivity contribution in [1.29, 1.82) is 0 Å². The number of benzene rings is 1. The van der Waals surface area contributed by atoms with Crippen LogP contribution >= 0.6 is 0 Å². The zero-order chi connectivity index (χ0) is 14.8. The highest BCUT2D eigenvalue weighted by molar-refractivity contribution is 5.49. The lowest BCUT2D eigenvalue weighted by atomic mass is 9.82. The van der Waals surface area contributed by atoms with Gasteiger partial charge in [-0.05, 0) is 99.8 Å². The van der Waals surface area contributed by atoms with Crippen LogP contribution < -0.4 is 5.32 Å². The van der Waals surface area contributed by atoms with E-state index in [9.17, 15) is 0 Å². The fraction of sp³-hybridized carbons (Fsp3) is 0.667. The van der Waals surface area contributed by atoms with E-state index in [4.69, 9.17) is 0 Å². The molecule has 0 aliphatic rings. The van der Waals surface area contributed by atoms with Gasteiger partial charge in [0, 0.05) is 0 Å². The first-order valence-electron chi connectivity index (χ1n) is 7.41. The monoisotopic (exact) mass is 261 g/mol. The summed E-state index contributed by atoms with van der Waals surface area (Å²) in [4.78, 5) is 0. The second kappa shape index (κ2) is 6.09. The van der Waals surface area contributed by atoms with Crippen molar-refractivity contribution in [3.8, 4) is 0 Å². The number of hydrogen-bond acceptors (Lipinski definition) is 1. The summed E-state index contributed by atoms with van der Waals surface area (Å²) in [5.41, 5.74) is 9.36. The summed E-state index contributed by atoms with van der Waals surface area (Å²) < 4.78 is 0. The molecule has 0 aromatic heterocycles. The Kier molecular flexibility index (Phi) is 5.20. The molecule has 0 saturated carbocycles. The first-order valence-corrected chi connectivity index (χ1v) is 7.41. The maximum Gasteiger partial charge on any atom is -0.0000373 e. The Balaban J connectivity index is 3.03. The Hall–Kier alpha value is -0.820. The summed E-state index contributed by atoms with van der Waals surface area (Å²) in [6.45, 7) is 17.1. The van der Waals surface area contributed by atoms with Crippen LogP contribution in [0.5, 0.6) is 0 Å². The molecule has 108 valence electrons. The van der Waals surface area contributed by atoms with Gasteiger partial charge < -0.3 is 5.32 Å². The third-order valence-corrected chi connectivity index (χ3v) is 4.86. The number of rotatable bonds is 5. The standard InChI is InChI=1S/C18H31N/c1-12-13(2)15(4)17(16(5)14(12)3)9-10-18(6,7)11-19-8/h19H,9-11H2,1-8H3. The average Bonchev–Trinajstić information content (AvgIpc) is 2.34. The summed E-state index contributed by atoms with van der Waals surface area (Å²) in [6, 6.07) is 0. The van der Waals surface area contributed by atoms with E-state index in [1.807, 2.05) is 7.05 Å². The molecular weight excluding hydrogens is 230 g/mol. The highest BCUT2D eigenvalue weighted by Gasteiger charge is 2.19. The molecule has 1 nitrogen and oxygen atoms in total. The predicted octanol–water partition coefficient (Wildman–Crippen LogP) is 4.41. The summed E-state index contributed by atoms with van der Waals surface area (Å²) >= 11 is 0. The first-order chi connectivity index (χ1) is 8.71. The molecule has 0 saturated heterocycles. The zero-order valence-electron chi connectivity index (χ0n) is 14.1. The quantitative estimate of drug-likeness (QED) is 0.828. The largest absolute Gasteiger partial charge is 0.319 e. The van der Waals surface area contributed by atoms with Crippen LogP contribution in [0.25, 0.3) is 0 Å². The Morgan fingerprint density at radius 3 is 1.63 bits per heavy atom. The van der Waals surface area contributed by atoms with E-state index in [0.29, 0.717) is 5.41 Å². The van der Waals surface area contributed by atoms with Crippen molar-refractivity contribution in [2.75, 3.05) is 13.6 Å². The highest BCUT2D eigenvalue weighted by Crippen LogP contribution is 2.30. The Bertz CT molecular complexity index is 426. The molecular formula is C18H31N. The van der Waals surface area contributed by atoms with Crippen molar-refractivity contribution in [3.63, 3.8) is 0 Å². The van der Waals surface area contributed by atoms with Gasteiger partial charge in [0.15, 0.2) is 0 Å². The van der Waals surface area contributed by atoms with Crippen LogP contribution in [-0.2, 0) is 6.42 Å². The smallest absolute Gasteiger partial charge is 0.0000373 e. The molecule has 1 heteroatoms. The predicted molar refractivity (Wildman–Crippen MR) is 86.2 cm³/mol. The minimum atomic E-state index is 0.361. The third-order valence-electron chi connectivity index (χ3n) is 4.86. The number of nitrogens with one attached hydrogen (secondary N) is 1. The fourth-order valence-corrected chi connectivity index (χ4v) is 2.98. The molecule has 19 heavy (non-hydrogen) atoms. The van der Waals surface area contributed by atoms with Crippen LogP contribution in [0.15, 0.2) is 0 Å². The van der Waals surface area contributed by atoms with Crippen molar-refractivity contribution in [2.45, 2.75) is 61.3 Å². The molecule has 0 amide bonds. The van der Waals surface area contributed by atoms with Crippen LogP contribution in [-0.4, -0.2) is 13.6 Å². The van der Waals surface area contributed by atoms with Gasteiger partial charge in [-0.3, -0.25) is 0 Å². The molecule has 1 N–H and O–H groups in total. The topological polar surface area (TPSA) is 12.0 Å². The van der Waals surface area contributed by atoms with Crippen molar-refractivity contribution in [2.24, 2.45) is 5.41 Å². The van der Waals surface area contributed by atoms with Crippen molar-refractivity contribution >= 4 is 0 Å². The maximum atomic E-state index is 3.31. The molecule has 0 radical (unpaired) electrons. The van der Waals surface area contributed by atoms with Crippen LogP contribution in [0, 0.1) is 40.0 Å². The van der Waals surface area contributed by atoms with Gasteiger partial charge in [-0.15, -0.1) is 0 Å². The van der Waals surface area contributed by atoms with Gasteiger partial charge in [-0.1, -0.05) is 13.8 Å². The minimum absolute atomic E-state index is 0.361. The second-order valence-electron chi connectivity index (χ2n) is 6.80. The minimum Gasteiger partial charge on any atom is -0.319 e. The molecule has 0 aliphatic carbocycles. The molecule has 0 atom stereocenters. The van der Waals surface area contributed by atoms with E-state index < -0.39 is 0 Å². The van der Waals surface area contributed by atoms with E-state index in [1.54, 1.807) is 5.56 Å². The van der Waals surface area contributed by atoms with Gasteiger partial charge in [-0.2, -0.15) is 0 Å². The SMILES string of the molecule is CNCC(C)(C)CCc1c(C)c(C)c(C)c(C)c1C. The van der Waals surface area contributed by atoms with E-state index >= 15 is 0 Å². The Morgan fingerprint density at radius 2 is 1.21 bits per heavy atom. The normalized spacial score (nSPS) is 12.0. The van der Waals surface area contributed by atoms with E-state index in [0.717, 1.165) is 6.54 Å². The molecule has 0 unspecified atom stereocenters. The Morgan fingerprint density at radius 1 is 0.789 bits per heavy atom. The second-order valence-corrected chi connectivity index (χ2v) is 6.80. The molecule has 0 spiro atoms. The van der Waals surface area contributed by atoms with E-state index in [1.165, 1.54) is 40.7 Å². The van der Waals surface area contributed by atoms with Crippen molar-refractivity contribution < 1.29 is 0 Å². The summed E-state index contributed by atoms with van der Waals surface area (Å²) in [6.07, 6.45) is 2.42. The lowest BCUT2D eigenvalue weighted by Crippen LogP contribution is -2.27. The van der Waals surface area contributed by atoms with Gasteiger partial charge >= 0.3 is 0 Å². The molecule has 0 aliphatic heterocycles. The molecule has 0 fully saturated rings. The van der Waals surface area contributed by atoms with Crippen LogP contribution in [0.4, 0.5) is 0 Å². The molecule has 1 aromatic carbocycles. The molecule has 0 heterocycles. The summed E-state index contributed by atoms with van der Waals surface area (Å²) in [5.74, 6) is 0. The van der Waals surface area contributed by atoms with Gasteiger partial charge in [0.2, 0.25) is 0 Å². The molecule has 1 aromatic rings. The first kappa shape index (κ1) is 16.2. The van der Waals surface area contributed by atoms with Gasteiger partial charge in [-0.25, -0.2) is 0 Å². The molecule has 1 rings (SSSR count).